The average Bonchev–Trinajstić information content (AvgIpc) is 2.69. The summed E-state index contributed by atoms with van der Waals surface area (Å²) in [6.45, 7) is 2.67. The molecule has 1 saturated carbocycles. The van der Waals surface area contributed by atoms with Crippen molar-refractivity contribution < 1.29 is 14.3 Å². The van der Waals surface area contributed by atoms with E-state index < -0.39 is 5.41 Å². The zero-order chi connectivity index (χ0) is 18.2. The summed E-state index contributed by atoms with van der Waals surface area (Å²) >= 11 is 3.48. The van der Waals surface area contributed by atoms with Crippen LogP contribution in [0.2, 0.25) is 0 Å². The highest BCUT2D eigenvalue weighted by molar-refractivity contribution is 9.10. The van der Waals surface area contributed by atoms with Crippen LogP contribution < -0.4 is 5.32 Å². The third kappa shape index (κ3) is 5.08. The van der Waals surface area contributed by atoms with Gasteiger partial charge in [-0.2, -0.15) is 0 Å². The first kappa shape index (κ1) is 19.8. The second kappa shape index (κ2) is 9.86. The minimum atomic E-state index is -0.469. The number of benzene rings is 1. The molecule has 5 heteroatoms. The van der Waals surface area contributed by atoms with Gasteiger partial charge in [0.2, 0.25) is 5.91 Å². The molecule has 3 rings (SSSR count). The molecule has 26 heavy (non-hydrogen) atoms. The molecule has 1 aliphatic carbocycles. The molecule has 0 unspecified atom stereocenters. The molecule has 4 nitrogen and oxygen atoms in total. The lowest BCUT2D eigenvalue weighted by Gasteiger charge is -2.36. The van der Waals surface area contributed by atoms with Gasteiger partial charge in [-0.25, -0.2) is 0 Å². The van der Waals surface area contributed by atoms with E-state index in [4.69, 9.17) is 9.47 Å². The molecule has 0 atom stereocenters. The SMILES string of the molecule is O=C(NCCCOC1CCCCC1)C1(c2ccc(Br)cc2)CCOCC1. The molecule has 0 aromatic heterocycles. The van der Waals surface area contributed by atoms with E-state index in [1.807, 2.05) is 12.1 Å². The lowest BCUT2D eigenvalue weighted by atomic mass is 9.73. The van der Waals surface area contributed by atoms with E-state index in [-0.39, 0.29) is 5.91 Å². The number of nitrogens with one attached hydrogen (secondary N) is 1. The molecule has 2 fully saturated rings. The van der Waals surface area contributed by atoms with Crippen molar-refractivity contribution in [1.29, 1.82) is 0 Å². The van der Waals surface area contributed by atoms with Gasteiger partial charge in [0, 0.05) is 30.8 Å². The molecule has 1 saturated heterocycles. The van der Waals surface area contributed by atoms with Crippen molar-refractivity contribution in [3.63, 3.8) is 0 Å². The van der Waals surface area contributed by atoms with E-state index in [0.29, 0.717) is 25.9 Å². The Morgan fingerprint density at radius 3 is 2.54 bits per heavy atom. The van der Waals surface area contributed by atoms with Gasteiger partial charge in [-0.15, -0.1) is 0 Å². The molecule has 1 aromatic carbocycles. The Labute approximate surface area is 165 Å². The molecule has 1 N–H and O–H groups in total. The van der Waals surface area contributed by atoms with Crippen molar-refractivity contribution in [3.8, 4) is 0 Å². The fraction of sp³-hybridized carbons (Fsp3) is 0.667. The van der Waals surface area contributed by atoms with Crippen LogP contribution >= 0.6 is 15.9 Å². The Kier molecular flexibility index (Phi) is 7.52. The largest absolute Gasteiger partial charge is 0.381 e. The van der Waals surface area contributed by atoms with Crippen molar-refractivity contribution >= 4 is 21.8 Å². The maximum atomic E-state index is 13.1. The molecule has 0 spiro atoms. The van der Waals surface area contributed by atoms with E-state index >= 15 is 0 Å². The van der Waals surface area contributed by atoms with Crippen LogP contribution in [-0.4, -0.2) is 38.4 Å². The van der Waals surface area contributed by atoms with Gasteiger partial charge >= 0.3 is 0 Å². The standard InChI is InChI=1S/C21H30BrNO3/c22-18-9-7-17(8-10-18)21(11-15-25-16-12-21)20(24)23-13-4-14-26-19-5-2-1-3-6-19/h7-10,19H,1-6,11-16H2,(H,23,24). The summed E-state index contributed by atoms with van der Waals surface area (Å²) in [5.74, 6) is 0.126. The van der Waals surface area contributed by atoms with E-state index in [9.17, 15) is 4.79 Å². The van der Waals surface area contributed by atoms with Gasteiger partial charge < -0.3 is 14.8 Å². The second-order valence-electron chi connectivity index (χ2n) is 7.44. The van der Waals surface area contributed by atoms with Gasteiger partial charge in [0.25, 0.3) is 0 Å². The summed E-state index contributed by atoms with van der Waals surface area (Å²) in [6, 6.07) is 8.14. The number of hydrogen-bond donors (Lipinski definition) is 1. The maximum absolute atomic E-state index is 13.1. The lowest BCUT2D eigenvalue weighted by Crippen LogP contribution is -2.48. The van der Waals surface area contributed by atoms with Gasteiger partial charge in [-0.1, -0.05) is 47.3 Å². The summed E-state index contributed by atoms with van der Waals surface area (Å²) in [7, 11) is 0. The number of carbonyl (C=O) groups is 1. The first-order valence-corrected chi connectivity index (χ1v) is 10.7. The highest BCUT2D eigenvalue weighted by atomic mass is 79.9. The van der Waals surface area contributed by atoms with Crippen molar-refractivity contribution in [2.45, 2.75) is 62.9 Å². The molecule has 0 radical (unpaired) electrons. The number of carbonyl (C=O) groups excluding carboxylic acids is 1. The minimum absolute atomic E-state index is 0.126. The van der Waals surface area contributed by atoms with Gasteiger partial charge in [-0.05, 0) is 49.8 Å². The fourth-order valence-electron chi connectivity index (χ4n) is 4.06. The van der Waals surface area contributed by atoms with Crippen LogP contribution in [0, 0.1) is 0 Å². The van der Waals surface area contributed by atoms with E-state index in [1.165, 1.54) is 32.1 Å². The number of rotatable bonds is 7. The Morgan fingerprint density at radius 1 is 1.15 bits per heavy atom. The molecule has 1 aliphatic heterocycles. The Morgan fingerprint density at radius 2 is 1.85 bits per heavy atom. The monoisotopic (exact) mass is 423 g/mol. The first-order chi connectivity index (χ1) is 12.7. The number of halogens is 1. The van der Waals surface area contributed by atoms with Gasteiger partial charge in [0.1, 0.15) is 0 Å². The molecule has 1 heterocycles. The van der Waals surface area contributed by atoms with Crippen LogP contribution in [0.3, 0.4) is 0 Å². The van der Waals surface area contributed by atoms with Crippen molar-refractivity contribution in [2.75, 3.05) is 26.4 Å². The number of amides is 1. The van der Waals surface area contributed by atoms with Crippen molar-refractivity contribution in [2.24, 2.45) is 0 Å². The molecule has 0 bridgehead atoms. The third-order valence-corrected chi connectivity index (χ3v) is 6.22. The molecule has 1 aromatic rings. The van der Waals surface area contributed by atoms with E-state index in [2.05, 4.69) is 33.4 Å². The highest BCUT2D eigenvalue weighted by Gasteiger charge is 2.41. The van der Waals surface area contributed by atoms with Gasteiger partial charge in [0.15, 0.2) is 0 Å². The topological polar surface area (TPSA) is 47.6 Å². The Balaban J connectivity index is 1.50. The van der Waals surface area contributed by atoms with Gasteiger partial charge in [-0.3, -0.25) is 4.79 Å². The Hall–Kier alpha value is -0.910. The quantitative estimate of drug-likeness (QED) is 0.662. The fourth-order valence-corrected chi connectivity index (χ4v) is 4.33. The summed E-state index contributed by atoms with van der Waals surface area (Å²) in [6.07, 6.45) is 9.09. The van der Waals surface area contributed by atoms with E-state index in [1.54, 1.807) is 0 Å². The molecule has 1 amide bonds. The van der Waals surface area contributed by atoms with E-state index in [0.717, 1.165) is 35.9 Å². The van der Waals surface area contributed by atoms with Crippen molar-refractivity contribution in [3.05, 3.63) is 34.3 Å². The molecule has 144 valence electrons. The van der Waals surface area contributed by atoms with Crippen LogP contribution in [0.5, 0.6) is 0 Å². The van der Waals surface area contributed by atoms with Crippen LogP contribution in [-0.2, 0) is 19.7 Å². The van der Waals surface area contributed by atoms with Crippen LogP contribution in [0.1, 0.15) is 56.9 Å². The number of ether oxygens (including phenoxy) is 2. The predicted octanol–water partition coefficient (Wildman–Crippen LogP) is 4.35. The van der Waals surface area contributed by atoms with Crippen molar-refractivity contribution in [1.82, 2.24) is 5.32 Å². The predicted molar refractivity (Wildman–Crippen MR) is 106 cm³/mol. The van der Waals surface area contributed by atoms with Crippen LogP contribution in [0.25, 0.3) is 0 Å². The number of hydrogen-bond acceptors (Lipinski definition) is 3. The maximum Gasteiger partial charge on any atom is 0.230 e. The highest BCUT2D eigenvalue weighted by Crippen LogP contribution is 2.35. The Bertz CT molecular complexity index is 563. The van der Waals surface area contributed by atoms with Gasteiger partial charge in [0.05, 0.1) is 11.5 Å². The average molecular weight is 424 g/mol. The smallest absolute Gasteiger partial charge is 0.230 e. The molecular formula is C21H30BrNO3. The summed E-state index contributed by atoms with van der Waals surface area (Å²) in [5, 5.41) is 3.16. The second-order valence-corrected chi connectivity index (χ2v) is 8.36. The zero-order valence-corrected chi connectivity index (χ0v) is 17.1. The van der Waals surface area contributed by atoms with Crippen LogP contribution in [0.4, 0.5) is 0 Å². The summed E-state index contributed by atoms with van der Waals surface area (Å²) in [5.41, 5.74) is 0.614. The third-order valence-electron chi connectivity index (χ3n) is 5.69. The summed E-state index contributed by atoms with van der Waals surface area (Å²) in [4.78, 5) is 13.1. The summed E-state index contributed by atoms with van der Waals surface area (Å²) < 4.78 is 12.5. The lowest BCUT2D eigenvalue weighted by molar-refractivity contribution is -0.130. The van der Waals surface area contributed by atoms with Crippen LogP contribution in [0.15, 0.2) is 28.7 Å². The molecule has 2 aliphatic rings. The molecular weight excluding hydrogens is 394 g/mol. The normalized spacial score (nSPS) is 20.7. The minimum Gasteiger partial charge on any atom is -0.381 e. The first-order valence-electron chi connectivity index (χ1n) is 9.94. The zero-order valence-electron chi connectivity index (χ0n) is 15.5.